The van der Waals surface area contributed by atoms with Crippen LogP contribution < -0.4 is 5.73 Å². The quantitative estimate of drug-likeness (QED) is 0.794. The molecular weight excluding hydrogens is 182 g/mol. The summed E-state index contributed by atoms with van der Waals surface area (Å²) in [6.45, 7) is 2.09. The van der Waals surface area contributed by atoms with Crippen molar-refractivity contribution in [3.8, 4) is 0 Å². The molecule has 4 heteroatoms. The summed E-state index contributed by atoms with van der Waals surface area (Å²) < 4.78 is 1.82. The second-order valence-electron chi connectivity index (χ2n) is 2.93. The highest BCUT2D eigenvalue weighted by molar-refractivity contribution is 7.07. The zero-order chi connectivity index (χ0) is 9.26. The molecular formula is C9H11N3S. The summed E-state index contributed by atoms with van der Waals surface area (Å²) in [6, 6.07) is 4.13. The number of aromatic nitrogens is 2. The van der Waals surface area contributed by atoms with Crippen LogP contribution in [0.1, 0.15) is 18.5 Å². The topological polar surface area (TPSA) is 43.8 Å². The number of rotatable bonds is 2. The van der Waals surface area contributed by atoms with E-state index in [4.69, 9.17) is 5.73 Å². The molecule has 0 aliphatic carbocycles. The summed E-state index contributed by atoms with van der Waals surface area (Å²) in [6.07, 6.45) is 1.72. The fourth-order valence-corrected chi connectivity index (χ4v) is 2.05. The van der Waals surface area contributed by atoms with Crippen molar-refractivity contribution in [2.24, 2.45) is 0 Å². The molecule has 0 radical (unpaired) electrons. The van der Waals surface area contributed by atoms with E-state index in [2.05, 4.69) is 28.8 Å². The lowest BCUT2D eigenvalue weighted by molar-refractivity contribution is 0.574. The predicted octanol–water partition coefficient (Wildman–Crippen LogP) is 2.14. The molecule has 0 aromatic carbocycles. The van der Waals surface area contributed by atoms with E-state index in [0.29, 0.717) is 5.82 Å². The van der Waals surface area contributed by atoms with Gasteiger partial charge < -0.3 is 5.73 Å². The Balaban J connectivity index is 2.33. The molecule has 2 aromatic heterocycles. The van der Waals surface area contributed by atoms with Crippen molar-refractivity contribution in [2.75, 3.05) is 5.73 Å². The summed E-state index contributed by atoms with van der Waals surface area (Å²) in [7, 11) is 0. The number of anilines is 1. The number of hydrogen-bond donors (Lipinski definition) is 1. The Morgan fingerprint density at radius 2 is 2.38 bits per heavy atom. The lowest BCUT2D eigenvalue weighted by Gasteiger charge is -2.11. The first-order valence-corrected chi connectivity index (χ1v) is 5.04. The minimum Gasteiger partial charge on any atom is -0.384 e. The molecule has 0 aliphatic heterocycles. The average molecular weight is 193 g/mol. The molecule has 0 saturated carbocycles. The Morgan fingerprint density at radius 1 is 1.54 bits per heavy atom. The second-order valence-corrected chi connectivity index (χ2v) is 3.71. The minimum absolute atomic E-state index is 0.223. The Morgan fingerprint density at radius 3 is 2.92 bits per heavy atom. The van der Waals surface area contributed by atoms with E-state index in [0.717, 1.165) is 0 Å². The van der Waals surface area contributed by atoms with Crippen LogP contribution in [-0.2, 0) is 0 Å². The maximum Gasteiger partial charge on any atom is 0.122 e. The molecule has 1 atom stereocenters. The fourth-order valence-electron chi connectivity index (χ4n) is 1.30. The third kappa shape index (κ3) is 1.45. The van der Waals surface area contributed by atoms with Crippen LogP contribution in [-0.4, -0.2) is 9.78 Å². The van der Waals surface area contributed by atoms with E-state index in [1.807, 2.05) is 10.7 Å². The van der Waals surface area contributed by atoms with Gasteiger partial charge in [0.05, 0.1) is 12.2 Å². The first-order chi connectivity index (χ1) is 6.29. The van der Waals surface area contributed by atoms with Gasteiger partial charge in [-0.3, -0.25) is 0 Å². The lowest BCUT2D eigenvalue weighted by Crippen LogP contribution is -2.10. The monoisotopic (exact) mass is 193 g/mol. The van der Waals surface area contributed by atoms with Crippen molar-refractivity contribution >= 4 is 17.2 Å². The number of hydrogen-bond acceptors (Lipinski definition) is 3. The van der Waals surface area contributed by atoms with Crippen LogP contribution in [0.4, 0.5) is 5.82 Å². The molecule has 13 heavy (non-hydrogen) atoms. The van der Waals surface area contributed by atoms with Gasteiger partial charge in [0, 0.05) is 0 Å². The van der Waals surface area contributed by atoms with Crippen LogP contribution in [0.5, 0.6) is 0 Å². The van der Waals surface area contributed by atoms with E-state index in [1.165, 1.54) is 5.56 Å². The third-order valence-corrected chi connectivity index (χ3v) is 2.79. The van der Waals surface area contributed by atoms with Crippen molar-refractivity contribution in [3.63, 3.8) is 0 Å². The van der Waals surface area contributed by atoms with Crippen molar-refractivity contribution in [1.29, 1.82) is 0 Å². The Bertz CT molecular complexity index is 377. The molecule has 1 unspecified atom stereocenters. The van der Waals surface area contributed by atoms with Gasteiger partial charge in [-0.2, -0.15) is 16.4 Å². The molecule has 2 aromatic rings. The maximum atomic E-state index is 5.75. The largest absolute Gasteiger partial charge is 0.384 e. The molecule has 68 valence electrons. The summed E-state index contributed by atoms with van der Waals surface area (Å²) >= 11 is 1.69. The molecule has 2 N–H and O–H groups in total. The molecule has 0 saturated heterocycles. The van der Waals surface area contributed by atoms with Gasteiger partial charge in [0.2, 0.25) is 0 Å². The standard InChI is InChI=1S/C9H11N3S/c1-7(8-3-5-13-6-8)12-9(10)2-4-11-12/h2-7H,10H2,1H3. The van der Waals surface area contributed by atoms with Crippen LogP contribution in [0.15, 0.2) is 29.1 Å². The molecule has 0 amide bonds. The fraction of sp³-hybridized carbons (Fsp3) is 0.222. The molecule has 0 spiro atoms. The highest BCUT2D eigenvalue weighted by Gasteiger charge is 2.10. The molecule has 0 fully saturated rings. The summed E-state index contributed by atoms with van der Waals surface area (Å²) in [5, 5.41) is 8.35. The number of nitrogens with zero attached hydrogens (tertiary/aromatic N) is 2. The van der Waals surface area contributed by atoms with Crippen molar-refractivity contribution in [3.05, 3.63) is 34.7 Å². The zero-order valence-electron chi connectivity index (χ0n) is 7.34. The Labute approximate surface area is 80.8 Å². The molecule has 0 aliphatic rings. The summed E-state index contributed by atoms with van der Waals surface area (Å²) in [4.78, 5) is 0. The maximum absolute atomic E-state index is 5.75. The van der Waals surface area contributed by atoms with Gasteiger partial charge in [-0.1, -0.05) is 0 Å². The first-order valence-electron chi connectivity index (χ1n) is 4.10. The summed E-state index contributed by atoms with van der Waals surface area (Å²) in [5.74, 6) is 0.707. The second kappa shape index (κ2) is 3.22. The number of nitrogen functional groups attached to an aromatic ring is 1. The van der Waals surface area contributed by atoms with E-state index < -0.39 is 0 Å². The number of nitrogens with two attached hydrogens (primary N) is 1. The van der Waals surface area contributed by atoms with Gasteiger partial charge in [-0.15, -0.1) is 0 Å². The Hall–Kier alpha value is -1.29. The SMILES string of the molecule is CC(c1ccsc1)n1nccc1N. The molecule has 3 nitrogen and oxygen atoms in total. The van der Waals surface area contributed by atoms with E-state index in [1.54, 1.807) is 17.5 Å². The lowest BCUT2D eigenvalue weighted by atomic mass is 10.2. The smallest absolute Gasteiger partial charge is 0.122 e. The normalized spacial score (nSPS) is 13.0. The van der Waals surface area contributed by atoms with Gasteiger partial charge >= 0.3 is 0 Å². The summed E-state index contributed by atoms with van der Waals surface area (Å²) in [5.41, 5.74) is 7.00. The first kappa shape index (κ1) is 8.31. The third-order valence-electron chi connectivity index (χ3n) is 2.09. The average Bonchev–Trinajstić information content (AvgIpc) is 2.72. The van der Waals surface area contributed by atoms with E-state index in [9.17, 15) is 0 Å². The van der Waals surface area contributed by atoms with Crippen LogP contribution in [0, 0.1) is 0 Å². The van der Waals surface area contributed by atoms with Gasteiger partial charge in [0.1, 0.15) is 5.82 Å². The number of thiophene rings is 1. The van der Waals surface area contributed by atoms with Crippen molar-refractivity contribution < 1.29 is 0 Å². The minimum atomic E-state index is 0.223. The van der Waals surface area contributed by atoms with Crippen LogP contribution in [0.3, 0.4) is 0 Å². The predicted molar refractivity (Wildman–Crippen MR) is 54.8 cm³/mol. The van der Waals surface area contributed by atoms with Crippen molar-refractivity contribution in [1.82, 2.24) is 9.78 Å². The van der Waals surface area contributed by atoms with Crippen LogP contribution in [0.2, 0.25) is 0 Å². The zero-order valence-corrected chi connectivity index (χ0v) is 8.16. The highest BCUT2D eigenvalue weighted by atomic mass is 32.1. The van der Waals surface area contributed by atoms with Gasteiger partial charge in [-0.05, 0) is 35.4 Å². The molecule has 2 heterocycles. The molecule has 0 bridgehead atoms. The van der Waals surface area contributed by atoms with Crippen LogP contribution in [0.25, 0.3) is 0 Å². The highest BCUT2D eigenvalue weighted by Crippen LogP contribution is 2.21. The van der Waals surface area contributed by atoms with Gasteiger partial charge in [0.25, 0.3) is 0 Å². The van der Waals surface area contributed by atoms with Crippen LogP contribution >= 0.6 is 11.3 Å². The van der Waals surface area contributed by atoms with Gasteiger partial charge in [0.15, 0.2) is 0 Å². The van der Waals surface area contributed by atoms with Gasteiger partial charge in [-0.25, -0.2) is 4.68 Å². The molecule has 2 rings (SSSR count). The Kier molecular flexibility index (Phi) is 2.06. The van der Waals surface area contributed by atoms with E-state index >= 15 is 0 Å². The van der Waals surface area contributed by atoms with E-state index in [-0.39, 0.29) is 6.04 Å². The van der Waals surface area contributed by atoms with Crippen molar-refractivity contribution in [2.45, 2.75) is 13.0 Å².